The standard InChI is InChI=1S/C21H30N2O4/c1-12(24)27-17-7-6-15-14-5-4-13-10-18(25)22-9-8-20(13,2)19(14)16(23-26)11-21(15,17)3/h10,14-15,17,19,26H,4-9,11H2,1-3H3,(H,22,25)/t14-,15-,17-,19+,20-,21-/m0/s1. The highest BCUT2D eigenvalue weighted by Crippen LogP contribution is 2.64. The fraction of sp³-hybridized carbons (Fsp3) is 0.762. The molecule has 0 saturated heterocycles. The molecule has 1 heterocycles. The van der Waals surface area contributed by atoms with Crippen LogP contribution < -0.4 is 5.32 Å². The summed E-state index contributed by atoms with van der Waals surface area (Å²) in [6, 6.07) is 0. The van der Waals surface area contributed by atoms with Crippen LogP contribution in [0.15, 0.2) is 16.8 Å². The average Bonchev–Trinajstić information content (AvgIpc) is 2.83. The van der Waals surface area contributed by atoms with E-state index in [1.54, 1.807) is 6.08 Å². The molecule has 3 saturated carbocycles. The van der Waals surface area contributed by atoms with Gasteiger partial charge < -0.3 is 15.3 Å². The van der Waals surface area contributed by atoms with Crippen LogP contribution >= 0.6 is 0 Å². The number of nitrogens with zero attached hydrogens (tertiary/aromatic N) is 1. The molecule has 0 aromatic heterocycles. The van der Waals surface area contributed by atoms with Gasteiger partial charge in [-0.1, -0.05) is 24.6 Å². The van der Waals surface area contributed by atoms with Crippen molar-refractivity contribution in [3.63, 3.8) is 0 Å². The van der Waals surface area contributed by atoms with E-state index in [-0.39, 0.29) is 34.7 Å². The Bertz CT molecular complexity index is 730. The van der Waals surface area contributed by atoms with Crippen molar-refractivity contribution in [2.45, 2.75) is 65.4 Å². The maximum absolute atomic E-state index is 12.1. The maximum Gasteiger partial charge on any atom is 0.302 e. The lowest BCUT2D eigenvalue weighted by Gasteiger charge is -2.56. The first-order chi connectivity index (χ1) is 12.8. The third-order valence-electron chi connectivity index (χ3n) is 8.04. The van der Waals surface area contributed by atoms with Gasteiger partial charge in [0.05, 0.1) is 5.71 Å². The van der Waals surface area contributed by atoms with Crippen molar-refractivity contribution in [3.8, 4) is 0 Å². The number of nitrogens with one attached hydrogen (secondary N) is 1. The molecule has 6 nitrogen and oxygen atoms in total. The minimum absolute atomic E-state index is 0.00824. The quantitative estimate of drug-likeness (QED) is 0.419. The molecule has 0 spiro atoms. The fourth-order valence-corrected chi connectivity index (χ4v) is 6.87. The van der Waals surface area contributed by atoms with Gasteiger partial charge in [0.1, 0.15) is 6.10 Å². The molecule has 0 aromatic carbocycles. The summed E-state index contributed by atoms with van der Waals surface area (Å²) in [6.45, 7) is 6.56. The Hall–Kier alpha value is -1.85. The van der Waals surface area contributed by atoms with Gasteiger partial charge in [0, 0.05) is 30.9 Å². The van der Waals surface area contributed by atoms with E-state index < -0.39 is 0 Å². The van der Waals surface area contributed by atoms with Crippen LogP contribution in [-0.4, -0.2) is 35.4 Å². The smallest absolute Gasteiger partial charge is 0.302 e. The van der Waals surface area contributed by atoms with Crippen LogP contribution in [0.25, 0.3) is 0 Å². The first-order valence-corrected chi connectivity index (χ1v) is 10.2. The average molecular weight is 374 g/mol. The van der Waals surface area contributed by atoms with Crippen LogP contribution in [-0.2, 0) is 14.3 Å². The summed E-state index contributed by atoms with van der Waals surface area (Å²) in [6.07, 6.45) is 7.00. The molecule has 3 fully saturated rings. The Balaban J connectivity index is 1.74. The number of fused-ring (bicyclic) bond motifs is 5. The lowest BCUT2D eigenvalue weighted by atomic mass is 9.47. The number of hydrogen-bond donors (Lipinski definition) is 2. The fourth-order valence-electron chi connectivity index (χ4n) is 6.87. The number of rotatable bonds is 1. The number of oxime groups is 1. The summed E-state index contributed by atoms with van der Waals surface area (Å²) in [5.41, 5.74) is 1.67. The van der Waals surface area contributed by atoms with Crippen LogP contribution in [0, 0.1) is 28.6 Å². The monoisotopic (exact) mass is 374 g/mol. The molecule has 0 unspecified atom stereocenters. The van der Waals surface area contributed by atoms with E-state index in [1.165, 1.54) is 12.5 Å². The van der Waals surface area contributed by atoms with E-state index in [9.17, 15) is 14.8 Å². The van der Waals surface area contributed by atoms with Crippen LogP contribution in [0.5, 0.6) is 0 Å². The van der Waals surface area contributed by atoms with Crippen molar-refractivity contribution in [2.75, 3.05) is 6.54 Å². The maximum atomic E-state index is 12.1. The number of amides is 1. The second-order valence-corrected chi connectivity index (χ2v) is 9.36. The molecule has 4 aliphatic rings. The Morgan fingerprint density at radius 2 is 2.11 bits per heavy atom. The third kappa shape index (κ3) is 2.71. The topological polar surface area (TPSA) is 88.0 Å². The normalized spacial score (nSPS) is 45.1. The molecular formula is C21H30N2O4. The summed E-state index contributed by atoms with van der Waals surface area (Å²) >= 11 is 0. The number of allylic oxidation sites excluding steroid dienone is 1. The van der Waals surface area contributed by atoms with Crippen LogP contribution in [0.1, 0.15) is 59.3 Å². The molecule has 0 radical (unpaired) electrons. The lowest BCUT2D eigenvalue weighted by molar-refractivity contribution is -0.153. The second kappa shape index (κ2) is 6.35. The minimum Gasteiger partial charge on any atom is -0.462 e. The van der Waals surface area contributed by atoms with E-state index >= 15 is 0 Å². The van der Waals surface area contributed by atoms with Gasteiger partial charge in [0.15, 0.2) is 0 Å². The van der Waals surface area contributed by atoms with Crippen LogP contribution in [0.4, 0.5) is 0 Å². The van der Waals surface area contributed by atoms with Gasteiger partial charge in [-0.25, -0.2) is 0 Å². The van der Waals surface area contributed by atoms with Gasteiger partial charge >= 0.3 is 5.97 Å². The zero-order chi connectivity index (χ0) is 19.4. The number of esters is 1. The zero-order valence-corrected chi connectivity index (χ0v) is 16.5. The minimum atomic E-state index is -0.235. The van der Waals surface area contributed by atoms with Crippen LogP contribution in [0.2, 0.25) is 0 Å². The van der Waals surface area contributed by atoms with Crippen molar-refractivity contribution >= 4 is 17.6 Å². The summed E-state index contributed by atoms with van der Waals surface area (Å²) in [4.78, 5) is 23.7. The molecular weight excluding hydrogens is 344 g/mol. The number of hydrogen-bond acceptors (Lipinski definition) is 5. The molecule has 4 rings (SSSR count). The summed E-state index contributed by atoms with van der Waals surface area (Å²) in [7, 11) is 0. The Morgan fingerprint density at radius 1 is 1.33 bits per heavy atom. The molecule has 148 valence electrons. The van der Waals surface area contributed by atoms with Gasteiger partial charge in [0.2, 0.25) is 5.91 Å². The predicted octanol–water partition coefficient (Wildman–Crippen LogP) is 3.05. The van der Waals surface area contributed by atoms with Crippen molar-refractivity contribution < 1.29 is 19.5 Å². The van der Waals surface area contributed by atoms with E-state index in [2.05, 4.69) is 24.3 Å². The molecule has 1 aliphatic heterocycles. The van der Waals surface area contributed by atoms with Gasteiger partial charge in [-0.3, -0.25) is 9.59 Å². The molecule has 0 bridgehead atoms. The lowest BCUT2D eigenvalue weighted by Crippen LogP contribution is -2.55. The van der Waals surface area contributed by atoms with E-state index in [0.717, 1.165) is 37.8 Å². The molecule has 0 aromatic rings. The van der Waals surface area contributed by atoms with Crippen molar-refractivity contribution in [3.05, 3.63) is 11.6 Å². The Morgan fingerprint density at radius 3 is 2.81 bits per heavy atom. The first kappa shape index (κ1) is 18.5. The predicted molar refractivity (Wildman–Crippen MR) is 100 cm³/mol. The highest BCUT2D eigenvalue weighted by atomic mass is 16.5. The number of carbonyl (C=O) groups is 2. The van der Waals surface area contributed by atoms with Crippen molar-refractivity contribution in [1.82, 2.24) is 5.32 Å². The number of ether oxygens (including phenoxy) is 1. The molecule has 6 atom stereocenters. The summed E-state index contributed by atoms with van der Waals surface area (Å²) < 4.78 is 5.68. The van der Waals surface area contributed by atoms with Crippen LogP contribution in [0.3, 0.4) is 0 Å². The summed E-state index contributed by atoms with van der Waals surface area (Å²) in [5.74, 6) is 0.740. The highest BCUT2D eigenvalue weighted by Gasteiger charge is 2.62. The van der Waals surface area contributed by atoms with Crippen molar-refractivity contribution in [1.29, 1.82) is 0 Å². The SMILES string of the molecule is CC(=O)O[C@H]1CC[C@H]2[C@@H]3CCC4=CC(=O)NCC[C@]4(C)[C@H]3C(=NO)C[C@]12C. The van der Waals surface area contributed by atoms with E-state index in [0.29, 0.717) is 24.8 Å². The summed E-state index contributed by atoms with van der Waals surface area (Å²) in [5, 5.41) is 16.7. The first-order valence-electron chi connectivity index (χ1n) is 10.2. The molecule has 6 heteroatoms. The van der Waals surface area contributed by atoms with Gasteiger partial charge in [0.25, 0.3) is 0 Å². The Kier molecular flexibility index (Phi) is 4.35. The van der Waals surface area contributed by atoms with Crippen molar-refractivity contribution in [2.24, 2.45) is 33.7 Å². The van der Waals surface area contributed by atoms with Gasteiger partial charge in [-0.15, -0.1) is 0 Å². The van der Waals surface area contributed by atoms with Gasteiger partial charge in [-0.05, 0) is 55.8 Å². The number of carbonyl (C=O) groups excluding carboxylic acids is 2. The third-order valence-corrected chi connectivity index (χ3v) is 8.04. The Labute approximate surface area is 160 Å². The largest absolute Gasteiger partial charge is 0.462 e. The van der Waals surface area contributed by atoms with E-state index in [4.69, 9.17) is 4.74 Å². The molecule has 2 N–H and O–H groups in total. The zero-order valence-electron chi connectivity index (χ0n) is 16.5. The highest BCUT2D eigenvalue weighted by molar-refractivity contribution is 5.92. The molecule has 27 heavy (non-hydrogen) atoms. The molecule has 1 amide bonds. The second-order valence-electron chi connectivity index (χ2n) is 9.36. The molecule has 3 aliphatic carbocycles. The van der Waals surface area contributed by atoms with Gasteiger partial charge in [-0.2, -0.15) is 0 Å². The van der Waals surface area contributed by atoms with E-state index in [1.807, 2.05) is 0 Å².